The first-order chi connectivity index (χ1) is 8.34. The molecule has 0 saturated heterocycles. The molecular weight excluding hydrogens is 228 g/mol. The standard InChI is InChI=1S/C13H28N4O/c1-9(2)12(18)11(17-10(3)4)7-5-6-8-16-13(14)15/h9-11,17H,5-8H2,1-4H3,(H4,14,15,16)/t11-/m0/s1. The second-order valence-corrected chi connectivity index (χ2v) is 5.23. The lowest BCUT2D eigenvalue weighted by Crippen LogP contribution is -2.42. The van der Waals surface area contributed by atoms with Crippen molar-refractivity contribution in [2.45, 2.75) is 59.0 Å². The summed E-state index contributed by atoms with van der Waals surface area (Å²) in [6, 6.07) is 0.264. The number of nitrogens with two attached hydrogens (primary N) is 2. The predicted octanol–water partition coefficient (Wildman–Crippen LogP) is 1.02. The smallest absolute Gasteiger partial charge is 0.185 e. The second kappa shape index (κ2) is 8.91. The molecule has 5 heteroatoms. The Kier molecular flexibility index (Phi) is 8.37. The Morgan fingerprint density at radius 3 is 2.22 bits per heavy atom. The lowest BCUT2D eigenvalue weighted by Gasteiger charge is -2.21. The van der Waals surface area contributed by atoms with E-state index >= 15 is 0 Å². The Hall–Kier alpha value is -1.10. The zero-order chi connectivity index (χ0) is 14.1. The van der Waals surface area contributed by atoms with Crippen molar-refractivity contribution in [3.05, 3.63) is 0 Å². The highest BCUT2D eigenvalue weighted by atomic mass is 16.1. The molecule has 106 valence electrons. The number of rotatable bonds is 9. The third kappa shape index (κ3) is 8.06. The van der Waals surface area contributed by atoms with Crippen LogP contribution in [-0.4, -0.2) is 30.4 Å². The van der Waals surface area contributed by atoms with Crippen molar-refractivity contribution in [3.8, 4) is 0 Å². The molecule has 5 nitrogen and oxygen atoms in total. The van der Waals surface area contributed by atoms with Crippen LogP contribution < -0.4 is 16.8 Å². The number of aliphatic imine (C=N–C) groups is 1. The number of hydrogen-bond donors (Lipinski definition) is 3. The first-order valence-corrected chi connectivity index (χ1v) is 6.69. The number of nitrogens with one attached hydrogen (secondary N) is 1. The van der Waals surface area contributed by atoms with E-state index in [1.807, 2.05) is 13.8 Å². The molecule has 0 radical (unpaired) electrons. The van der Waals surface area contributed by atoms with Crippen LogP contribution in [0.3, 0.4) is 0 Å². The molecule has 0 spiro atoms. The third-order valence-corrected chi connectivity index (χ3v) is 2.64. The lowest BCUT2D eigenvalue weighted by atomic mass is 9.96. The average molecular weight is 256 g/mol. The number of nitrogens with zero attached hydrogens (tertiary/aromatic N) is 1. The summed E-state index contributed by atoms with van der Waals surface area (Å²) in [6.45, 7) is 8.63. The first-order valence-electron chi connectivity index (χ1n) is 6.69. The van der Waals surface area contributed by atoms with Gasteiger partial charge in [0.1, 0.15) is 0 Å². The Bertz CT molecular complexity index is 270. The van der Waals surface area contributed by atoms with E-state index in [1.165, 1.54) is 0 Å². The van der Waals surface area contributed by atoms with Crippen molar-refractivity contribution < 1.29 is 4.79 Å². The molecule has 0 fully saturated rings. The van der Waals surface area contributed by atoms with Crippen LogP contribution >= 0.6 is 0 Å². The summed E-state index contributed by atoms with van der Waals surface area (Å²) < 4.78 is 0. The first kappa shape index (κ1) is 16.9. The van der Waals surface area contributed by atoms with E-state index < -0.39 is 0 Å². The Morgan fingerprint density at radius 1 is 1.17 bits per heavy atom. The van der Waals surface area contributed by atoms with E-state index in [2.05, 4.69) is 24.2 Å². The van der Waals surface area contributed by atoms with Gasteiger partial charge in [-0.15, -0.1) is 0 Å². The highest BCUT2D eigenvalue weighted by molar-refractivity contribution is 5.85. The van der Waals surface area contributed by atoms with Crippen molar-refractivity contribution >= 4 is 11.7 Å². The largest absolute Gasteiger partial charge is 0.370 e. The monoisotopic (exact) mass is 256 g/mol. The van der Waals surface area contributed by atoms with Crippen molar-refractivity contribution in [1.82, 2.24) is 5.32 Å². The van der Waals surface area contributed by atoms with Crippen LogP contribution in [-0.2, 0) is 4.79 Å². The Labute approximate surface area is 110 Å². The molecule has 0 aliphatic rings. The van der Waals surface area contributed by atoms with Crippen LogP contribution in [0.5, 0.6) is 0 Å². The van der Waals surface area contributed by atoms with Gasteiger partial charge in [-0.25, -0.2) is 0 Å². The number of hydrogen-bond acceptors (Lipinski definition) is 3. The Morgan fingerprint density at radius 2 is 1.78 bits per heavy atom. The summed E-state index contributed by atoms with van der Waals surface area (Å²) in [4.78, 5) is 15.9. The van der Waals surface area contributed by atoms with Gasteiger partial charge in [0.05, 0.1) is 6.04 Å². The molecule has 0 heterocycles. The van der Waals surface area contributed by atoms with Gasteiger partial charge < -0.3 is 16.8 Å². The molecule has 0 aromatic heterocycles. The molecular formula is C13H28N4O. The van der Waals surface area contributed by atoms with Crippen LogP contribution in [0.2, 0.25) is 0 Å². The fourth-order valence-corrected chi connectivity index (χ4v) is 1.78. The van der Waals surface area contributed by atoms with Crippen LogP contribution in [0.1, 0.15) is 47.0 Å². The minimum absolute atomic E-state index is 0.0517. The molecule has 0 bridgehead atoms. The van der Waals surface area contributed by atoms with E-state index in [1.54, 1.807) is 0 Å². The maximum atomic E-state index is 12.0. The van der Waals surface area contributed by atoms with Crippen LogP contribution in [0, 0.1) is 5.92 Å². The van der Waals surface area contributed by atoms with Gasteiger partial charge in [0.15, 0.2) is 11.7 Å². The van der Waals surface area contributed by atoms with Gasteiger partial charge in [-0.2, -0.15) is 0 Å². The molecule has 0 amide bonds. The van der Waals surface area contributed by atoms with Gasteiger partial charge in [-0.05, 0) is 19.3 Å². The van der Waals surface area contributed by atoms with Crippen molar-refractivity contribution in [3.63, 3.8) is 0 Å². The highest BCUT2D eigenvalue weighted by Gasteiger charge is 2.20. The quantitative estimate of drug-likeness (QED) is 0.326. The number of ketones is 1. The maximum absolute atomic E-state index is 12.0. The molecule has 0 aromatic rings. The highest BCUT2D eigenvalue weighted by Crippen LogP contribution is 2.09. The van der Waals surface area contributed by atoms with Gasteiger partial charge in [0, 0.05) is 18.5 Å². The molecule has 0 saturated carbocycles. The normalized spacial score (nSPS) is 12.8. The zero-order valence-electron chi connectivity index (χ0n) is 12.1. The van der Waals surface area contributed by atoms with Gasteiger partial charge in [0.25, 0.3) is 0 Å². The molecule has 5 N–H and O–H groups in total. The van der Waals surface area contributed by atoms with Gasteiger partial charge in [0.2, 0.25) is 0 Å². The molecule has 0 aliphatic heterocycles. The summed E-state index contributed by atoms with van der Waals surface area (Å²) in [5.41, 5.74) is 10.5. The molecule has 1 atom stereocenters. The number of Topliss-reactive ketones (excluding diaryl/α,β-unsaturated/α-hetero) is 1. The van der Waals surface area contributed by atoms with E-state index in [9.17, 15) is 4.79 Å². The van der Waals surface area contributed by atoms with Crippen LogP contribution in [0.15, 0.2) is 4.99 Å². The molecule has 0 aliphatic carbocycles. The van der Waals surface area contributed by atoms with E-state index in [0.29, 0.717) is 12.6 Å². The van der Waals surface area contributed by atoms with Crippen LogP contribution in [0.25, 0.3) is 0 Å². The predicted molar refractivity (Wildman–Crippen MR) is 76.4 cm³/mol. The summed E-state index contributed by atoms with van der Waals surface area (Å²) in [6.07, 6.45) is 2.69. The van der Waals surface area contributed by atoms with Crippen molar-refractivity contribution in [1.29, 1.82) is 0 Å². The fraction of sp³-hybridized carbons (Fsp3) is 0.846. The van der Waals surface area contributed by atoms with Crippen molar-refractivity contribution in [2.24, 2.45) is 22.4 Å². The number of carbonyl (C=O) groups is 1. The lowest BCUT2D eigenvalue weighted by molar-refractivity contribution is -0.124. The fourth-order valence-electron chi connectivity index (χ4n) is 1.78. The second-order valence-electron chi connectivity index (χ2n) is 5.23. The molecule has 0 aromatic carbocycles. The number of guanidine groups is 1. The van der Waals surface area contributed by atoms with Gasteiger partial charge >= 0.3 is 0 Å². The summed E-state index contributed by atoms with van der Waals surface area (Å²) in [5.74, 6) is 0.481. The summed E-state index contributed by atoms with van der Waals surface area (Å²) in [7, 11) is 0. The molecule has 18 heavy (non-hydrogen) atoms. The maximum Gasteiger partial charge on any atom is 0.185 e. The molecule has 0 unspecified atom stereocenters. The minimum Gasteiger partial charge on any atom is -0.370 e. The minimum atomic E-state index is -0.0517. The molecule has 0 rings (SSSR count). The van der Waals surface area contributed by atoms with E-state index in [-0.39, 0.29) is 23.7 Å². The summed E-state index contributed by atoms with van der Waals surface area (Å²) >= 11 is 0. The number of unbranched alkanes of at least 4 members (excludes halogenated alkanes) is 1. The van der Waals surface area contributed by atoms with Crippen molar-refractivity contribution in [2.75, 3.05) is 6.54 Å². The topological polar surface area (TPSA) is 93.5 Å². The van der Waals surface area contributed by atoms with E-state index in [4.69, 9.17) is 11.5 Å². The number of carbonyl (C=O) groups excluding carboxylic acids is 1. The zero-order valence-corrected chi connectivity index (χ0v) is 12.1. The van der Waals surface area contributed by atoms with Gasteiger partial charge in [-0.1, -0.05) is 27.7 Å². The Balaban J connectivity index is 4.09. The SMILES string of the molecule is CC(C)N[C@@H](CCCCN=C(N)N)C(=O)C(C)C. The third-order valence-electron chi connectivity index (χ3n) is 2.64. The average Bonchev–Trinajstić information content (AvgIpc) is 2.24. The van der Waals surface area contributed by atoms with Gasteiger partial charge in [-0.3, -0.25) is 9.79 Å². The van der Waals surface area contributed by atoms with Crippen LogP contribution in [0.4, 0.5) is 0 Å². The summed E-state index contributed by atoms with van der Waals surface area (Å²) in [5, 5.41) is 3.33. The van der Waals surface area contributed by atoms with E-state index in [0.717, 1.165) is 19.3 Å².